The van der Waals surface area contributed by atoms with Crippen LogP contribution in [0.5, 0.6) is 0 Å². The van der Waals surface area contributed by atoms with Gasteiger partial charge in [-0.25, -0.2) is 4.98 Å². The number of halogens is 2. The van der Waals surface area contributed by atoms with Gasteiger partial charge in [-0.1, -0.05) is 15.9 Å². The first-order chi connectivity index (χ1) is 7.69. The molecule has 3 nitrogen and oxygen atoms in total. The molecule has 2 atom stereocenters. The second-order valence-corrected chi connectivity index (χ2v) is 5.53. The first-order valence-corrected chi connectivity index (χ1v) is 7.18. The lowest BCUT2D eigenvalue weighted by atomic mass is 10.2. The molecule has 16 heavy (non-hydrogen) atoms. The number of hydrogen-bond acceptors (Lipinski definition) is 3. The van der Waals surface area contributed by atoms with E-state index < -0.39 is 0 Å². The van der Waals surface area contributed by atoms with Gasteiger partial charge < -0.3 is 9.64 Å². The van der Waals surface area contributed by atoms with E-state index in [4.69, 9.17) is 4.74 Å². The van der Waals surface area contributed by atoms with Crippen molar-refractivity contribution in [2.45, 2.75) is 19.1 Å². The molecule has 2 heterocycles. The molecule has 1 aliphatic rings. The van der Waals surface area contributed by atoms with Gasteiger partial charge in [0.1, 0.15) is 5.82 Å². The lowest BCUT2D eigenvalue weighted by Gasteiger charge is -2.36. The summed E-state index contributed by atoms with van der Waals surface area (Å²) in [5, 5.41) is 0.865. The van der Waals surface area contributed by atoms with Gasteiger partial charge >= 0.3 is 0 Å². The molecule has 88 valence electrons. The molecule has 1 aromatic rings. The Morgan fingerprint density at radius 3 is 2.94 bits per heavy atom. The lowest BCUT2D eigenvalue weighted by Crippen LogP contribution is -2.47. The van der Waals surface area contributed by atoms with E-state index in [9.17, 15) is 0 Å². The summed E-state index contributed by atoms with van der Waals surface area (Å²) in [6.07, 6.45) is 2.33. The molecule has 0 radical (unpaired) electrons. The molecule has 0 spiro atoms. The minimum absolute atomic E-state index is 0.245. The summed E-state index contributed by atoms with van der Waals surface area (Å²) in [7, 11) is 0. The quantitative estimate of drug-likeness (QED) is 0.768. The van der Waals surface area contributed by atoms with Crippen molar-refractivity contribution in [1.82, 2.24) is 4.98 Å². The zero-order chi connectivity index (χ0) is 11.5. The Bertz CT molecular complexity index is 344. The average molecular weight is 350 g/mol. The molecule has 1 aromatic heterocycles. The van der Waals surface area contributed by atoms with E-state index in [0.717, 1.165) is 28.7 Å². The number of aromatic nitrogens is 1. The van der Waals surface area contributed by atoms with Crippen LogP contribution in [-0.2, 0) is 4.74 Å². The summed E-state index contributed by atoms with van der Waals surface area (Å²) in [6.45, 7) is 3.89. The third-order valence-electron chi connectivity index (χ3n) is 2.53. The second kappa shape index (κ2) is 5.47. The van der Waals surface area contributed by atoms with Gasteiger partial charge in [-0.3, -0.25) is 0 Å². The van der Waals surface area contributed by atoms with Crippen LogP contribution in [0, 0.1) is 0 Å². The van der Waals surface area contributed by atoms with E-state index in [2.05, 4.69) is 48.7 Å². The van der Waals surface area contributed by atoms with Crippen LogP contribution in [0.1, 0.15) is 6.92 Å². The van der Waals surface area contributed by atoms with Crippen molar-refractivity contribution in [3.63, 3.8) is 0 Å². The minimum Gasteiger partial charge on any atom is -0.371 e. The molecule has 0 bridgehead atoms. The molecule has 1 saturated heterocycles. The molecule has 2 unspecified atom stereocenters. The Morgan fingerprint density at radius 2 is 2.31 bits per heavy atom. The summed E-state index contributed by atoms with van der Waals surface area (Å²) >= 11 is 6.86. The fourth-order valence-corrected chi connectivity index (χ4v) is 2.46. The maximum atomic E-state index is 5.79. The molecule has 0 saturated carbocycles. The van der Waals surface area contributed by atoms with Crippen LogP contribution in [-0.4, -0.2) is 35.6 Å². The molecule has 5 heteroatoms. The fraction of sp³-hybridized carbons (Fsp3) is 0.545. The maximum Gasteiger partial charge on any atom is 0.128 e. The highest BCUT2D eigenvalue weighted by Gasteiger charge is 2.25. The van der Waals surface area contributed by atoms with E-state index in [1.54, 1.807) is 0 Å². The van der Waals surface area contributed by atoms with Gasteiger partial charge in [-0.15, -0.1) is 0 Å². The van der Waals surface area contributed by atoms with Gasteiger partial charge in [-0.2, -0.15) is 0 Å². The van der Waals surface area contributed by atoms with Crippen LogP contribution in [0.25, 0.3) is 0 Å². The Hall–Kier alpha value is -0.130. The Kier molecular flexibility index (Phi) is 4.21. The minimum atomic E-state index is 0.245. The number of ether oxygens (including phenoxy) is 1. The number of morpholine rings is 1. The third kappa shape index (κ3) is 2.96. The van der Waals surface area contributed by atoms with Gasteiger partial charge in [0.2, 0.25) is 0 Å². The van der Waals surface area contributed by atoms with Crippen LogP contribution >= 0.6 is 31.9 Å². The molecule has 1 fully saturated rings. The van der Waals surface area contributed by atoms with Gasteiger partial charge in [0.25, 0.3) is 0 Å². The number of anilines is 1. The normalized spacial score (nSPS) is 25.8. The average Bonchev–Trinajstić information content (AvgIpc) is 2.29. The van der Waals surface area contributed by atoms with E-state index >= 15 is 0 Å². The van der Waals surface area contributed by atoms with Crippen LogP contribution < -0.4 is 4.90 Å². The van der Waals surface area contributed by atoms with E-state index in [0.29, 0.717) is 0 Å². The zero-order valence-corrected chi connectivity index (χ0v) is 12.2. The number of pyridine rings is 1. The largest absolute Gasteiger partial charge is 0.371 e. The standard InChI is InChI=1S/C11H14Br2N2O/c1-8-6-15(7-10(4-12)16-8)11-3-2-9(13)5-14-11/h2-3,5,8,10H,4,6-7H2,1H3. The fourth-order valence-electron chi connectivity index (χ4n) is 1.87. The maximum absolute atomic E-state index is 5.79. The smallest absolute Gasteiger partial charge is 0.128 e. The topological polar surface area (TPSA) is 25.4 Å². The Labute approximate surface area is 112 Å². The molecular weight excluding hydrogens is 336 g/mol. The highest BCUT2D eigenvalue weighted by atomic mass is 79.9. The van der Waals surface area contributed by atoms with E-state index in [-0.39, 0.29) is 12.2 Å². The summed E-state index contributed by atoms with van der Waals surface area (Å²) in [4.78, 5) is 6.68. The SMILES string of the molecule is CC1CN(c2ccc(Br)cn2)CC(CBr)O1. The Morgan fingerprint density at radius 1 is 1.50 bits per heavy atom. The van der Waals surface area contributed by atoms with Crippen molar-refractivity contribution in [2.24, 2.45) is 0 Å². The van der Waals surface area contributed by atoms with Crippen molar-refractivity contribution >= 4 is 37.7 Å². The van der Waals surface area contributed by atoms with Crippen LogP contribution in [0.2, 0.25) is 0 Å². The first kappa shape index (κ1) is 12.3. The van der Waals surface area contributed by atoms with Crippen LogP contribution in [0.15, 0.2) is 22.8 Å². The van der Waals surface area contributed by atoms with Gasteiger partial charge in [0, 0.05) is 29.1 Å². The highest BCUT2D eigenvalue weighted by Crippen LogP contribution is 2.20. The number of alkyl halides is 1. The molecule has 1 aliphatic heterocycles. The van der Waals surface area contributed by atoms with Gasteiger partial charge in [0.15, 0.2) is 0 Å². The molecule has 2 rings (SSSR count). The van der Waals surface area contributed by atoms with Crippen molar-refractivity contribution in [1.29, 1.82) is 0 Å². The number of nitrogens with zero attached hydrogens (tertiary/aromatic N) is 2. The van der Waals surface area contributed by atoms with Crippen LogP contribution in [0.3, 0.4) is 0 Å². The van der Waals surface area contributed by atoms with Crippen molar-refractivity contribution < 1.29 is 4.74 Å². The van der Waals surface area contributed by atoms with Crippen LogP contribution in [0.4, 0.5) is 5.82 Å². The van der Waals surface area contributed by atoms with Crippen molar-refractivity contribution in [3.8, 4) is 0 Å². The monoisotopic (exact) mass is 348 g/mol. The van der Waals surface area contributed by atoms with Crippen molar-refractivity contribution in [2.75, 3.05) is 23.3 Å². The summed E-state index contributed by atoms with van der Waals surface area (Å²) in [6, 6.07) is 4.05. The highest BCUT2D eigenvalue weighted by molar-refractivity contribution is 9.10. The van der Waals surface area contributed by atoms with E-state index in [1.807, 2.05) is 18.3 Å². The molecular formula is C11H14Br2N2O. The van der Waals surface area contributed by atoms with E-state index in [1.165, 1.54) is 0 Å². The first-order valence-electron chi connectivity index (χ1n) is 5.27. The van der Waals surface area contributed by atoms with Gasteiger partial charge in [0.05, 0.1) is 12.2 Å². The predicted octanol–water partition coefficient (Wildman–Crippen LogP) is 2.83. The summed E-state index contributed by atoms with van der Waals surface area (Å²) in [5.41, 5.74) is 0. The van der Waals surface area contributed by atoms with Gasteiger partial charge in [-0.05, 0) is 35.0 Å². The summed E-state index contributed by atoms with van der Waals surface area (Å²) in [5.74, 6) is 1.02. The molecule has 0 amide bonds. The number of rotatable bonds is 2. The zero-order valence-electron chi connectivity index (χ0n) is 9.07. The molecule has 0 aliphatic carbocycles. The Balaban J connectivity index is 2.11. The number of hydrogen-bond donors (Lipinski definition) is 0. The third-order valence-corrected chi connectivity index (χ3v) is 3.73. The lowest BCUT2D eigenvalue weighted by molar-refractivity contribution is -0.00223. The summed E-state index contributed by atoms with van der Waals surface area (Å²) < 4.78 is 6.79. The van der Waals surface area contributed by atoms with Crippen molar-refractivity contribution in [3.05, 3.63) is 22.8 Å². The second-order valence-electron chi connectivity index (χ2n) is 3.96. The molecule has 0 N–H and O–H groups in total. The predicted molar refractivity (Wildman–Crippen MR) is 72.3 cm³/mol. The molecule has 0 aromatic carbocycles.